The fourth-order valence-corrected chi connectivity index (χ4v) is 3.18. The summed E-state index contributed by atoms with van der Waals surface area (Å²) in [5.74, 6) is -0.563. The van der Waals surface area contributed by atoms with Crippen LogP contribution in [-0.4, -0.2) is 11.2 Å². The predicted octanol–water partition coefficient (Wildman–Crippen LogP) is 5.14. The molecule has 1 N–H and O–H groups in total. The molecule has 8 heteroatoms. The Morgan fingerprint density at radius 2 is 1.83 bits per heavy atom. The van der Waals surface area contributed by atoms with Crippen molar-refractivity contribution < 1.29 is 19.2 Å². The summed E-state index contributed by atoms with van der Waals surface area (Å²) in [4.78, 5) is 25.2. The lowest BCUT2D eigenvalue weighted by atomic mass is 10.1. The number of hydrogen-bond acceptors (Lipinski definition) is 7. The van der Waals surface area contributed by atoms with E-state index in [1.807, 2.05) is 24.3 Å². The minimum Gasteiger partial charge on any atom is -0.733 e. The topological polar surface area (TPSA) is 103 Å². The number of anilines is 1. The Balaban J connectivity index is 1.63. The number of hydrogen-bond donors (Lipinski definition) is 1. The van der Waals surface area contributed by atoms with Crippen LogP contribution in [0.5, 0.6) is 5.75 Å². The van der Waals surface area contributed by atoms with Gasteiger partial charge in [0, 0.05) is 10.5 Å². The van der Waals surface area contributed by atoms with Crippen molar-refractivity contribution in [1.29, 1.82) is 0 Å². The Hall–Kier alpha value is -3.46. The van der Waals surface area contributed by atoms with Gasteiger partial charge in [0.2, 0.25) is 0 Å². The van der Waals surface area contributed by atoms with Gasteiger partial charge in [-0.15, -0.1) is 0 Å². The molecule has 0 amide bonds. The Morgan fingerprint density at radius 3 is 2.57 bits per heavy atom. The van der Waals surface area contributed by atoms with Crippen LogP contribution < -0.4 is 15.4 Å². The first-order chi connectivity index (χ1) is 14.4. The average molecular weight is 467 g/mol. The Morgan fingerprint density at radius 1 is 1.07 bits per heavy atom. The average Bonchev–Trinajstić information content (AvgIpc) is 2.75. The number of esters is 1. The van der Waals surface area contributed by atoms with E-state index in [-0.39, 0.29) is 33.2 Å². The lowest BCUT2D eigenvalue weighted by Crippen LogP contribution is -2.12. The molecular weight excluding hydrogens is 454 g/mol. The van der Waals surface area contributed by atoms with Crippen molar-refractivity contribution in [2.75, 3.05) is 5.23 Å². The summed E-state index contributed by atoms with van der Waals surface area (Å²) in [6, 6.07) is 17.2. The molecule has 1 aromatic heterocycles. The number of benzene rings is 3. The highest BCUT2D eigenvalue weighted by molar-refractivity contribution is 9.10. The number of carbonyl (C=O) groups excluding carboxylic acids is 1. The first kappa shape index (κ1) is 19.8. The van der Waals surface area contributed by atoms with Gasteiger partial charge in [0.25, 0.3) is 0 Å². The van der Waals surface area contributed by atoms with Gasteiger partial charge in [-0.1, -0.05) is 34.1 Å². The maximum absolute atomic E-state index is 12.8. The standard InChI is InChI=1S/C22H13BrNO6/c23-15-6-4-13(5-7-15)19-12-29-20-11-17(8-9-18(20)21(19)25)30-22(26)14-2-1-3-16(10-14)24(27)28/h1-12,27H/q-1. The van der Waals surface area contributed by atoms with Gasteiger partial charge in [-0.05, 0) is 48.0 Å². The minimum atomic E-state index is -0.730. The van der Waals surface area contributed by atoms with Crippen molar-refractivity contribution >= 4 is 38.6 Å². The van der Waals surface area contributed by atoms with E-state index in [0.717, 1.165) is 10.0 Å². The van der Waals surface area contributed by atoms with Gasteiger partial charge in [0.05, 0.1) is 22.2 Å². The van der Waals surface area contributed by atoms with Crippen LogP contribution >= 0.6 is 15.9 Å². The van der Waals surface area contributed by atoms with Gasteiger partial charge in [0.1, 0.15) is 17.6 Å². The molecule has 0 unspecified atom stereocenters. The lowest BCUT2D eigenvalue weighted by Gasteiger charge is -2.21. The van der Waals surface area contributed by atoms with Gasteiger partial charge in [0.15, 0.2) is 5.43 Å². The first-order valence-corrected chi connectivity index (χ1v) is 9.51. The first-order valence-electron chi connectivity index (χ1n) is 8.72. The SMILES string of the molecule is O=C(Oc1ccc2c(=O)c(-c3ccc(Br)cc3)coc2c1)c1cccc(N([O-])O)c1. The summed E-state index contributed by atoms with van der Waals surface area (Å²) in [6.45, 7) is 0. The molecule has 0 saturated carbocycles. The molecule has 150 valence electrons. The van der Waals surface area contributed by atoms with Gasteiger partial charge in [-0.25, -0.2) is 4.79 Å². The molecule has 0 fully saturated rings. The van der Waals surface area contributed by atoms with Crippen molar-refractivity contribution in [1.82, 2.24) is 0 Å². The zero-order valence-electron chi connectivity index (χ0n) is 15.2. The number of halogens is 1. The highest BCUT2D eigenvalue weighted by atomic mass is 79.9. The molecule has 0 aliphatic carbocycles. The summed E-state index contributed by atoms with van der Waals surface area (Å²) in [7, 11) is 0. The maximum atomic E-state index is 12.8. The Bertz CT molecular complexity index is 1300. The molecule has 0 saturated heterocycles. The molecule has 0 aliphatic heterocycles. The largest absolute Gasteiger partial charge is 0.733 e. The number of nitrogens with zero attached hydrogens (tertiary/aromatic N) is 1. The van der Waals surface area contributed by atoms with E-state index < -0.39 is 5.97 Å². The van der Waals surface area contributed by atoms with E-state index in [9.17, 15) is 14.8 Å². The highest BCUT2D eigenvalue weighted by Gasteiger charge is 2.13. The van der Waals surface area contributed by atoms with Crippen LogP contribution in [0.15, 0.2) is 86.7 Å². The Labute approximate surface area is 178 Å². The normalized spacial score (nSPS) is 10.8. The van der Waals surface area contributed by atoms with E-state index >= 15 is 0 Å². The molecule has 3 aromatic carbocycles. The van der Waals surface area contributed by atoms with Crippen molar-refractivity contribution in [2.45, 2.75) is 0 Å². The quantitative estimate of drug-likeness (QED) is 0.252. The summed E-state index contributed by atoms with van der Waals surface area (Å²) >= 11 is 3.36. The van der Waals surface area contributed by atoms with Crippen LogP contribution in [0.4, 0.5) is 5.69 Å². The van der Waals surface area contributed by atoms with Gasteiger partial charge < -0.3 is 19.6 Å². The second-order valence-electron chi connectivity index (χ2n) is 6.36. The van der Waals surface area contributed by atoms with Gasteiger partial charge >= 0.3 is 5.97 Å². The molecule has 30 heavy (non-hydrogen) atoms. The number of fused-ring (bicyclic) bond motifs is 1. The predicted molar refractivity (Wildman–Crippen MR) is 115 cm³/mol. The molecule has 0 spiro atoms. The van der Waals surface area contributed by atoms with Crippen LogP contribution in [0.2, 0.25) is 0 Å². The molecule has 4 rings (SSSR count). The number of ether oxygens (including phenoxy) is 1. The van der Waals surface area contributed by atoms with Crippen molar-refractivity contribution in [3.8, 4) is 16.9 Å². The molecular formula is C22H13BrNO6-. The second kappa shape index (κ2) is 8.11. The van der Waals surface area contributed by atoms with Crippen LogP contribution in [0.1, 0.15) is 10.4 Å². The van der Waals surface area contributed by atoms with E-state index in [1.54, 1.807) is 0 Å². The summed E-state index contributed by atoms with van der Waals surface area (Å²) in [6.07, 6.45) is 1.37. The number of rotatable bonds is 4. The molecule has 7 nitrogen and oxygen atoms in total. The van der Waals surface area contributed by atoms with E-state index in [0.29, 0.717) is 10.9 Å². The molecule has 0 radical (unpaired) electrons. The van der Waals surface area contributed by atoms with Crippen LogP contribution in [-0.2, 0) is 0 Å². The van der Waals surface area contributed by atoms with Crippen molar-refractivity contribution in [2.24, 2.45) is 0 Å². The Kier molecular flexibility index (Phi) is 5.37. The van der Waals surface area contributed by atoms with E-state index in [1.165, 1.54) is 48.7 Å². The van der Waals surface area contributed by atoms with E-state index in [4.69, 9.17) is 14.4 Å². The third-order valence-electron chi connectivity index (χ3n) is 4.41. The summed E-state index contributed by atoms with van der Waals surface area (Å²) in [5, 5.41) is 19.9. The minimum absolute atomic E-state index is 0.0783. The lowest BCUT2D eigenvalue weighted by molar-refractivity contribution is 0.0735. The maximum Gasteiger partial charge on any atom is 0.343 e. The van der Waals surface area contributed by atoms with Gasteiger partial charge in [-0.2, -0.15) is 0 Å². The van der Waals surface area contributed by atoms with Crippen molar-refractivity contribution in [3.63, 3.8) is 0 Å². The molecule has 4 aromatic rings. The molecule has 0 aliphatic rings. The molecule has 0 bridgehead atoms. The second-order valence-corrected chi connectivity index (χ2v) is 7.27. The van der Waals surface area contributed by atoms with Crippen LogP contribution in [0, 0.1) is 5.21 Å². The molecule has 0 atom stereocenters. The molecule has 1 heterocycles. The monoisotopic (exact) mass is 466 g/mol. The van der Waals surface area contributed by atoms with Crippen molar-refractivity contribution in [3.05, 3.63) is 98.5 Å². The number of carbonyl (C=O) groups is 1. The zero-order valence-corrected chi connectivity index (χ0v) is 16.8. The smallest absolute Gasteiger partial charge is 0.343 e. The fraction of sp³-hybridized carbons (Fsp3) is 0. The van der Waals surface area contributed by atoms with Gasteiger partial charge in [-0.3, -0.25) is 10.0 Å². The highest BCUT2D eigenvalue weighted by Crippen LogP contribution is 2.25. The fourth-order valence-electron chi connectivity index (χ4n) is 2.92. The summed E-state index contributed by atoms with van der Waals surface area (Å²) < 4.78 is 11.8. The van der Waals surface area contributed by atoms with Crippen LogP contribution in [0.3, 0.4) is 0 Å². The zero-order chi connectivity index (χ0) is 21.3. The van der Waals surface area contributed by atoms with E-state index in [2.05, 4.69) is 15.9 Å². The summed E-state index contributed by atoms with van der Waals surface area (Å²) in [5.41, 5.74) is 1.18. The third kappa shape index (κ3) is 3.97. The van der Waals surface area contributed by atoms with Crippen LogP contribution in [0.25, 0.3) is 22.1 Å². The third-order valence-corrected chi connectivity index (χ3v) is 4.94.